The molecule has 0 amide bonds. The third kappa shape index (κ3) is 15.5. The van der Waals surface area contributed by atoms with Crippen LogP contribution in [0.5, 0.6) is 46.0 Å². The molecule has 0 saturated carbocycles. The summed E-state index contributed by atoms with van der Waals surface area (Å²) in [7, 11) is -15.0. The van der Waals surface area contributed by atoms with Crippen LogP contribution in [-0.2, 0) is 47.1 Å². The van der Waals surface area contributed by atoms with Gasteiger partial charge in [0.05, 0.1) is 64.2 Å². The SMILES string of the molecule is CC(c1ccccc1OCC(O)CP1(=O)Oc2ccccc2-c2ccccc21)c1cccc(C(C)(C)Cc2ccccc2OCC(O)CP2(=O)Oc3ccccc3-c3ccc(-c4ccc5c(c4)-c4ccccc4OP5(=O)Cc4cc(C(C)(C)C)c(O)c(C(C)(C)C)c4)cc32)c1OCC(O)CP1(=O)Oc2ccccc2-c2ccccc21. The summed E-state index contributed by atoms with van der Waals surface area (Å²) >= 11 is 0. The maximum absolute atomic E-state index is 16.0. The van der Waals surface area contributed by atoms with Crippen LogP contribution < -0.4 is 53.5 Å². The number of aromatic hydroxyl groups is 1. The summed E-state index contributed by atoms with van der Waals surface area (Å²) in [6.45, 7) is 17.9. The van der Waals surface area contributed by atoms with Crippen molar-refractivity contribution < 1.29 is 71.0 Å². The van der Waals surface area contributed by atoms with Gasteiger partial charge < -0.3 is 52.7 Å². The Balaban J connectivity index is 0.667. The van der Waals surface area contributed by atoms with Gasteiger partial charge in [-0.05, 0) is 139 Å². The van der Waals surface area contributed by atoms with E-state index in [2.05, 4.69) is 55.4 Å². The van der Waals surface area contributed by atoms with Gasteiger partial charge in [0, 0.05) is 50.4 Å². The van der Waals surface area contributed by atoms with Crippen molar-refractivity contribution in [2.24, 2.45) is 0 Å². The molecule has 19 heteroatoms. The highest BCUT2D eigenvalue weighted by Gasteiger charge is 2.44. The number of hydrogen-bond acceptors (Lipinski definition) is 15. The molecule has 8 atom stereocenters. The Hall–Kier alpha value is -10.2. The second kappa shape index (κ2) is 30.8. The number of hydrogen-bond donors (Lipinski definition) is 4. The third-order valence-electron chi connectivity index (χ3n) is 22.3. The molecule has 15 nitrogen and oxygen atoms in total. The third-order valence-corrected chi connectivity index (χ3v) is 32.3. The van der Waals surface area contributed by atoms with Gasteiger partial charge in [0.1, 0.15) is 65.8 Å². The van der Waals surface area contributed by atoms with Crippen LogP contribution in [0.25, 0.3) is 55.6 Å². The topological polar surface area (TPSA) is 214 Å². The van der Waals surface area contributed by atoms with Crippen molar-refractivity contribution in [3.05, 3.63) is 300 Å². The lowest BCUT2D eigenvalue weighted by atomic mass is 9.76. The minimum Gasteiger partial charge on any atom is -0.507 e. The van der Waals surface area contributed by atoms with Crippen molar-refractivity contribution >= 4 is 50.7 Å². The number of rotatable bonds is 23. The van der Waals surface area contributed by atoms with E-state index in [1.807, 2.05) is 237 Å². The van der Waals surface area contributed by atoms with Crippen molar-refractivity contribution in [2.45, 2.75) is 115 Å². The molecule has 4 N–H and O–H groups in total. The second-order valence-corrected chi connectivity index (χ2v) is 42.8. The van der Waals surface area contributed by atoms with Crippen LogP contribution in [0.4, 0.5) is 0 Å². The normalized spacial score (nSPS) is 19.3. The van der Waals surface area contributed by atoms with Crippen LogP contribution in [0.2, 0.25) is 0 Å². The van der Waals surface area contributed by atoms with E-state index in [0.717, 1.165) is 89.0 Å². The molecule has 0 aromatic heterocycles. The van der Waals surface area contributed by atoms with Gasteiger partial charge in [-0.2, -0.15) is 0 Å². The Bertz CT molecular complexity index is 5940. The minimum absolute atomic E-state index is 0.0897. The van der Waals surface area contributed by atoms with Crippen LogP contribution in [-0.4, -0.2) is 77.0 Å². The summed E-state index contributed by atoms with van der Waals surface area (Å²) in [6, 6.07) is 81.5. The molecule has 0 bridgehead atoms. The first-order chi connectivity index (χ1) is 55.0. The van der Waals surface area contributed by atoms with Crippen molar-refractivity contribution in [3.8, 4) is 102 Å². The van der Waals surface area contributed by atoms with Crippen LogP contribution in [0.3, 0.4) is 0 Å². The zero-order valence-electron chi connectivity index (χ0n) is 65.9. The molecule has 0 radical (unpaired) electrons. The molecule has 12 aromatic carbocycles. The monoisotopic (exact) mass is 1610 g/mol. The summed E-state index contributed by atoms with van der Waals surface area (Å²) in [5.41, 5.74) is 11.6. The molecule has 4 aliphatic heterocycles. The Kier molecular flexibility index (Phi) is 21.1. The van der Waals surface area contributed by atoms with Gasteiger partial charge in [-0.15, -0.1) is 0 Å². The fraction of sp³-hybridized carbons (Fsp3) is 0.250. The van der Waals surface area contributed by atoms with E-state index < -0.39 is 70.0 Å². The quantitative estimate of drug-likeness (QED) is 0.0439. The molecule has 0 saturated heterocycles. The summed E-state index contributed by atoms with van der Waals surface area (Å²) in [5.74, 6) is 3.14. The minimum atomic E-state index is -3.96. The lowest BCUT2D eigenvalue weighted by molar-refractivity contribution is 0.120. The number of benzene rings is 12. The van der Waals surface area contributed by atoms with E-state index in [1.165, 1.54) is 0 Å². The van der Waals surface area contributed by atoms with E-state index in [4.69, 9.17) is 32.3 Å². The zero-order chi connectivity index (χ0) is 80.6. The summed E-state index contributed by atoms with van der Waals surface area (Å²) in [5, 5.41) is 50.0. The molecule has 8 unspecified atom stereocenters. The van der Waals surface area contributed by atoms with Crippen molar-refractivity contribution in [2.75, 3.05) is 38.3 Å². The fourth-order valence-electron chi connectivity index (χ4n) is 16.7. The van der Waals surface area contributed by atoms with Gasteiger partial charge in [0.25, 0.3) is 29.5 Å². The average molecular weight is 1610 g/mol. The highest BCUT2D eigenvalue weighted by atomic mass is 31.2. The number of phenols is 1. The number of aliphatic hydroxyl groups excluding tert-OH is 3. The van der Waals surface area contributed by atoms with E-state index in [-0.39, 0.29) is 50.2 Å². The summed E-state index contributed by atoms with van der Waals surface area (Å²) in [4.78, 5) is 0. The highest BCUT2D eigenvalue weighted by molar-refractivity contribution is 7.68. The molecule has 16 rings (SSSR count). The Morgan fingerprint density at radius 1 is 0.357 bits per heavy atom. The number of phenolic OH excluding ortho intramolecular Hbond substituents is 1. The van der Waals surface area contributed by atoms with Gasteiger partial charge in [-0.1, -0.05) is 256 Å². The lowest BCUT2D eigenvalue weighted by Crippen LogP contribution is -2.30. The first-order valence-electron chi connectivity index (χ1n) is 39.1. The van der Waals surface area contributed by atoms with Gasteiger partial charge in [0.15, 0.2) is 0 Å². The molecule has 588 valence electrons. The second-order valence-electron chi connectivity index (χ2n) is 33.3. The van der Waals surface area contributed by atoms with Crippen LogP contribution in [0.15, 0.2) is 261 Å². The molecule has 4 aliphatic rings. The van der Waals surface area contributed by atoms with Crippen LogP contribution >= 0.6 is 29.5 Å². The Morgan fingerprint density at radius 3 is 1.28 bits per heavy atom. The van der Waals surface area contributed by atoms with Crippen molar-refractivity contribution in [1.29, 1.82) is 0 Å². The van der Waals surface area contributed by atoms with E-state index in [9.17, 15) is 25.0 Å². The predicted molar refractivity (Wildman–Crippen MR) is 460 cm³/mol. The maximum atomic E-state index is 16.0. The smallest absolute Gasteiger partial charge is 0.282 e. The standard InChI is InChI=1S/C96H94O15P4/c1-61(69-28-11-19-38-83(69)106-55-67(98)58-113(102)88-43-24-16-33-75(88)71-29-12-20-39-84(71)109-113)70-35-26-36-79(93(70)107-56-68(99)59-114(103)89-44-25-17-34-76(89)72-30-13-21-40-85(72)110-114)96(8,9)53-65-27-10-18-37-82(65)105-54-66(97)60-115(104)91-52-64(45-47-77(91)73-31-14-22-41-86(73)111-115)63-46-48-90-78(51-63)74-32-15-23-42-87(74)108-112(90,101)57-62-49-80(94(2,3)4)92(100)81(50-62)95(5,6)7/h10-52,61,66-68,97-100H,53-60H2,1-9H3. The van der Waals surface area contributed by atoms with Gasteiger partial charge >= 0.3 is 0 Å². The highest BCUT2D eigenvalue weighted by Crippen LogP contribution is 2.61. The predicted octanol–water partition coefficient (Wildman–Crippen LogP) is 20.7. The lowest BCUT2D eigenvalue weighted by Gasteiger charge is -2.32. The average Bonchev–Trinajstić information content (AvgIpc) is 0.748. The van der Waals surface area contributed by atoms with Crippen molar-refractivity contribution in [3.63, 3.8) is 0 Å². The van der Waals surface area contributed by atoms with Crippen LogP contribution in [0.1, 0.15) is 107 Å². The molecule has 115 heavy (non-hydrogen) atoms. The Morgan fingerprint density at radius 2 is 0.748 bits per heavy atom. The first-order valence-corrected chi connectivity index (χ1v) is 46.3. The maximum Gasteiger partial charge on any atom is 0.282 e. The molecular weight excluding hydrogens is 1520 g/mol. The number of ether oxygens (including phenoxy) is 3. The largest absolute Gasteiger partial charge is 0.507 e. The Labute approximate surface area is 672 Å². The van der Waals surface area contributed by atoms with Crippen molar-refractivity contribution in [1.82, 2.24) is 0 Å². The van der Waals surface area contributed by atoms with Gasteiger partial charge in [0.2, 0.25) is 0 Å². The van der Waals surface area contributed by atoms with Gasteiger partial charge in [-0.25, -0.2) is 0 Å². The van der Waals surface area contributed by atoms with E-state index >= 15 is 13.7 Å². The molecule has 0 aliphatic carbocycles. The number of aliphatic hydroxyl groups is 3. The molecule has 0 fully saturated rings. The summed E-state index contributed by atoms with van der Waals surface area (Å²) < 4.78 is 108. The first kappa shape index (κ1) is 78.7. The van der Waals surface area contributed by atoms with E-state index in [1.54, 1.807) is 30.3 Å². The molecular formula is C96H94O15P4. The molecule has 4 heterocycles. The molecule has 12 aromatic rings. The van der Waals surface area contributed by atoms with E-state index in [0.29, 0.717) is 73.4 Å². The number of para-hydroxylation sites is 7. The van der Waals surface area contributed by atoms with Crippen LogP contribution in [0, 0.1) is 0 Å². The number of fused-ring (bicyclic) bond motifs is 12. The summed E-state index contributed by atoms with van der Waals surface area (Å²) in [6.07, 6.45) is -4.01. The zero-order valence-corrected chi connectivity index (χ0v) is 69.4. The molecule has 0 spiro atoms. The fourth-order valence-corrected chi connectivity index (χ4v) is 26.2. The van der Waals surface area contributed by atoms with Gasteiger partial charge in [-0.3, -0.25) is 18.3 Å².